The van der Waals surface area contributed by atoms with Crippen molar-refractivity contribution in [1.29, 1.82) is 0 Å². The van der Waals surface area contributed by atoms with Crippen LogP contribution in [0.4, 0.5) is 0 Å². The summed E-state index contributed by atoms with van der Waals surface area (Å²) in [6.07, 6.45) is 1.89. The zero-order chi connectivity index (χ0) is 13.2. The zero-order valence-electron chi connectivity index (χ0n) is 10.5. The van der Waals surface area contributed by atoms with E-state index < -0.39 is 10.0 Å². The lowest BCUT2D eigenvalue weighted by Crippen LogP contribution is -2.42. The molecule has 19 heavy (non-hydrogen) atoms. The SMILES string of the molecule is Cl.NCC1CCCN(S(=O)(=O)c2ccccc2Br)C1. The van der Waals surface area contributed by atoms with Gasteiger partial charge in [0.25, 0.3) is 0 Å². The van der Waals surface area contributed by atoms with Gasteiger partial charge in [0.05, 0.1) is 4.90 Å². The third-order valence-electron chi connectivity index (χ3n) is 3.27. The van der Waals surface area contributed by atoms with Gasteiger partial charge in [-0.2, -0.15) is 4.31 Å². The first-order chi connectivity index (χ1) is 8.55. The number of hydrogen-bond acceptors (Lipinski definition) is 3. The lowest BCUT2D eigenvalue weighted by atomic mass is 10.0. The average Bonchev–Trinajstić information content (AvgIpc) is 2.39. The third kappa shape index (κ3) is 3.70. The molecule has 0 radical (unpaired) electrons. The fraction of sp³-hybridized carbons (Fsp3) is 0.500. The summed E-state index contributed by atoms with van der Waals surface area (Å²) in [7, 11) is -3.40. The Morgan fingerprint density at radius 2 is 2.05 bits per heavy atom. The van der Waals surface area contributed by atoms with Gasteiger partial charge in [-0.3, -0.25) is 0 Å². The van der Waals surface area contributed by atoms with Crippen molar-refractivity contribution in [2.75, 3.05) is 19.6 Å². The van der Waals surface area contributed by atoms with Gasteiger partial charge in [0.1, 0.15) is 0 Å². The fourth-order valence-corrected chi connectivity index (χ4v) is 4.75. The second kappa shape index (κ2) is 7.04. The number of halogens is 2. The number of rotatable bonds is 3. The zero-order valence-corrected chi connectivity index (χ0v) is 13.7. The van der Waals surface area contributed by atoms with Crippen LogP contribution in [0.2, 0.25) is 0 Å². The molecular formula is C12H18BrClN2O2S. The Labute approximate surface area is 128 Å². The first-order valence-electron chi connectivity index (χ1n) is 6.00. The van der Waals surface area contributed by atoms with Gasteiger partial charge in [-0.05, 0) is 53.4 Å². The Morgan fingerprint density at radius 1 is 1.37 bits per heavy atom. The molecule has 2 rings (SSSR count). The molecule has 0 bridgehead atoms. The van der Waals surface area contributed by atoms with E-state index in [0.717, 1.165) is 12.8 Å². The Morgan fingerprint density at radius 3 is 2.68 bits per heavy atom. The molecule has 0 aliphatic carbocycles. The van der Waals surface area contributed by atoms with Crippen molar-refractivity contribution in [2.24, 2.45) is 11.7 Å². The molecule has 1 unspecified atom stereocenters. The van der Waals surface area contributed by atoms with E-state index in [1.165, 1.54) is 0 Å². The van der Waals surface area contributed by atoms with Crippen molar-refractivity contribution in [2.45, 2.75) is 17.7 Å². The predicted molar refractivity (Wildman–Crippen MR) is 81.9 cm³/mol. The van der Waals surface area contributed by atoms with Crippen LogP contribution in [-0.4, -0.2) is 32.4 Å². The van der Waals surface area contributed by atoms with Gasteiger partial charge in [0, 0.05) is 17.6 Å². The van der Waals surface area contributed by atoms with E-state index in [1.54, 1.807) is 22.5 Å². The van der Waals surface area contributed by atoms with Crippen LogP contribution in [0.15, 0.2) is 33.6 Å². The minimum atomic E-state index is -3.40. The summed E-state index contributed by atoms with van der Waals surface area (Å²) in [6.45, 7) is 1.66. The van der Waals surface area contributed by atoms with Crippen LogP contribution in [0.1, 0.15) is 12.8 Å². The van der Waals surface area contributed by atoms with E-state index >= 15 is 0 Å². The maximum absolute atomic E-state index is 12.5. The molecule has 4 nitrogen and oxygen atoms in total. The molecule has 108 valence electrons. The Bertz CT molecular complexity index is 524. The lowest BCUT2D eigenvalue weighted by Gasteiger charge is -2.31. The molecule has 1 atom stereocenters. The molecule has 0 saturated carbocycles. The van der Waals surface area contributed by atoms with Crippen molar-refractivity contribution in [3.05, 3.63) is 28.7 Å². The number of benzene rings is 1. The van der Waals surface area contributed by atoms with Crippen molar-refractivity contribution in [3.8, 4) is 0 Å². The van der Waals surface area contributed by atoms with Crippen LogP contribution in [0.5, 0.6) is 0 Å². The maximum atomic E-state index is 12.5. The Hall–Kier alpha value is -0.140. The topological polar surface area (TPSA) is 63.4 Å². The monoisotopic (exact) mass is 368 g/mol. The molecule has 1 aliphatic rings. The molecule has 0 amide bonds. The molecule has 1 aromatic carbocycles. The molecule has 7 heteroatoms. The highest BCUT2D eigenvalue weighted by Crippen LogP contribution is 2.27. The molecule has 1 aliphatic heterocycles. The van der Waals surface area contributed by atoms with Crippen molar-refractivity contribution >= 4 is 38.4 Å². The van der Waals surface area contributed by atoms with Crippen molar-refractivity contribution in [1.82, 2.24) is 4.31 Å². The molecular weight excluding hydrogens is 352 g/mol. The standard InChI is InChI=1S/C12H17BrN2O2S.ClH/c13-11-5-1-2-6-12(11)18(16,17)15-7-3-4-10(8-14)9-15;/h1-2,5-6,10H,3-4,7-9,14H2;1H. The Kier molecular flexibility index (Phi) is 6.26. The number of nitrogens with zero attached hydrogens (tertiary/aromatic N) is 1. The van der Waals surface area contributed by atoms with Gasteiger partial charge in [0.2, 0.25) is 10.0 Å². The predicted octanol–water partition coefficient (Wildman–Crippen LogP) is 2.23. The second-order valence-corrected chi connectivity index (χ2v) is 7.30. The van der Waals surface area contributed by atoms with Gasteiger partial charge in [0.15, 0.2) is 0 Å². The molecule has 1 heterocycles. The van der Waals surface area contributed by atoms with Gasteiger partial charge in [-0.1, -0.05) is 12.1 Å². The van der Waals surface area contributed by atoms with Crippen LogP contribution >= 0.6 is 28.3 Å². The molecule has 1 saturated heterocycles. The summed E-state index contributed by atoms with van der Waals surface area (Å²) in [4.78, 5) is 0.336. The summed E-state index contributed by atoms with van der Waals surface area (Å²) in [6, 6.07) is 6.92. The maximum Gasteiger partial charge on any atom is 0.244 e. The summed E-state index contributed by atoms with van der Waals surface area (Å²) in [5, 5.41) is 0. The average molecular weight is 370 g/mol. The highest BCUT2D eigenvalue weighted by Gasteiger charge is 2.30. The molecule has 0 spiro atoms. The molecule has 1 fully saturated rings. The molecule has 1 aromatic rings. The highest BCUT2D eigenvalue weighted by molar-refractivity contribution is 9.10. The number of sulfonamides is 1. The van der Waals surface area contributed by atoms with Crippen molar-refractivity contribution in [3.63, 3.8) is 0 Å². The highest BCUT2D eigenvalue weighted by atomic mass is 79.9. The van der Waals surface area contributed by atoms with Gasteiger partial charge >= 0.3 is 0 Å². The normalized spacial score (nSPS) is 20.8. The van der Waals surface area contributed by atoms with Gasteiger partial charge in [-0.25, -0.2) is 8.42 Å². The number of hydrogen-bond donors (Lipinski definition) is 1. The van der Waals surface area contributed by atoms with Crippen LogP contribution in [0, 0.1) is 5.92 Å². The summed E-state index contributed by atoms with van der Waals surface area (Å²) in [5.41, 5.74) is 5.65. The van der Waals surface area contributed by atoms with E-state index in [2.05, 4.69) is 15.9 Å². The van der Waals surface area contributed by atoms with Crippen LogP contribution in [-0.2, 0) is 10.0 Å². The summed E-state index contributed by atoms with van der Waals surface area (Å²) >= 11 is 3.30. The number of nitrogens with two attached hydrogens (primary N) is 1. The largest absolute Gasteiger partial charge is 0.330 e. The quantitative estimate of drug-likeness (QED) is 0.888. The second-order valence-electron chi connectivity index (χ2n) is 4.54. The van der Waals surface area contributed by atoms with Crippen LogP contribution in [0.3, 0.4) is 0 Å². The van der Waals surface area contributed by atoms with Crippen LogP contribution in [0.25, 0.3) is 0 Å². The first kappa shape index (κ1) is 16.9. The van der Waals surface area contributed by atoms with E-state index in [-0.39, 0.29) is 18.3 Å². The molecule has 0 aromatic heterocycles. The van der Waals surface area contributed by atoms with Crippen molar-refractivity contribution < 1.29 is 8.42 Å². The van der Waals surface area contributed by atoms with Gasteiger partial charge < -0.3 is 5.73 Å². The van der Waals surface area contributed by atoms with E-state index in [0.29, 0.717) is 29.0 Å². The van der Waals surface area contributed by atoms with Crippen LogP contribution < -0.4 is 5.73 Å². The molecule has 2 N–H and O–H groups in total. The minimum Gasteiger partial charge on any atom is -0.330 e. The number of piperidine rings is 1. The summed E-state index contributed by atoms with van der Waals surface area (Å²) in [5.74, 6) is 0.274. The van der Waals surface area contributed by atoms with Gasteiger partial charge in [-0.15, -0.1) is 12.4 Å². The third-order valence-corrected chi connectivity index (χ3v) is 6.15. The first-order valence-corrected chi connectivity index (χ1v) is 8.23. The lowest BCUT2D eigenvalue weighted by molar-refractivity contribution is 0.271. The van der Waals surface area contributed by atoms with E-state index in [9.17, 15) is 8.42 Å². The van der Waals surface area contributed by atoms with E-state index in [4.69, 9.17) is 5.73 Å². The smallest absolute Gasteiger partial charge is 0.244 e. The minimum absolute atomic E-state index is 0. The Balaban J connectivity index is 0.00000180. The summed E-state index contributed by atoms with van der Waals surface area (Å²) < 4.78 is 27.2. The van der Waals surface area contributed by atoms with E-state index in [1.807, 2.05) is 6.07 Å². The fourth-order valence-electron chi connectivity index (χ4n) is 2.23.